The maximum atomic E-state index is 12.6. The number of amides is 1. The first-order valence-corrected chi connectivity index (χ1v) is 9.62. The topological polar surface area (TPSA) is 111 Å². The summed E-state index contributed by atoms with van der Waals surface area (Å²) in [5.74, 6) is -2.28. The van der Waals surface area contributed by atoms with Gasteiger partial charge >= 0.3 is 5.97 Å². The van der Waals surface area contributed by atoms with Gasteiger partial charge in [-0.2, -0.15) is 0 Å². The number of carboxylic acid groups (broad SMARTS) is 1. The zero-order valence-corrected chi connectivity index (χ0v) is 16.7. The summed E-state index contributed by atoms with van der Waals surface area (Å²) < 4.78 is 7.23. The van der Waals surface area contributed by atoms with Crippen LogP contribution in [0.15, 0.2) is 18.3 Å². The average Bonchev–Trinajstić information content (AvgIpc) is 2.92. The van der Waals surface area contributed by atoms with Crippen molar-refractivity contribution >= 4 is 23.2 Å². The lowest BCUT2D eigenvalue weighted by Gasteiger charge is -2.16. The van der Waals surface area contributed by atoms with E-state index in [2.05, 4.69) is 13.8 Å². The maximum absolute atomic E-state index is 12.6. The van der Waals surface area contributed by atoms with Crippen LogP contribution < -0.4 is 10.5 Å². The van der Waals surface area contributed by atoms with Gasteiger partial charge in [0, 0.05) is 11.9 Å². The molecule has 3 N–H and O–H groups in total. The summed E-state index contributed by atoms with van der Waals surface area (Å²) in [6.07, 6.45) is 6.81. The largest absolute Gasteiger partial charge is 0.480 e. The number of carbonyl (C=O) groups is 3. The zero-order chi connectivity index (χ0) is 20.8. The van der Waals surface area contributed by atoms with E-state index in [0.29, 0.717) is 17.0 Å². The number of nitrogens with two attached hydrogens (primary N) is 1. The molecule has 0 radical (unpaired) electrons. The first-order valence-electron chi connectivity index (χ1n) is 9.62. The van der Waals surface area contributed by atoms with E-state index in [1.165, 1.54) is 0 Å². The fourth-order valence-electron chi connectivity index (χ4n) is 3.81. The quantitative estimate of drug-likeness (QED) is 0.454. The molecule has 0 unspecified atom stereocenters. The Morgan fingerprint density at radius 3 is 2.39 bits per heavy atom. The molecule has 0 aliphatic carbocycles. The molecule has 152 valence electrons. The lowest BCUT2D eigenvalue weighted by molar-refractivity contribution is -0.139. The fraction of sp³-hybridized carbons (Fsp3) is 0.476. The summed E-state index contributed by atoms with van der Waals surface area (Å²) in [6, 6.07) is 3.33. The van der Waals surface area contributed by atoms with Crippen molar-refractivity contribution in [2.24, 2.45) is 11.7 Å². The van der Waals surface area contributed by atoms with Gasteiger partial charge in [-0.25, -0.2) is 4.79 Å². The molecule has 0 bridgehead atoms. The number of rotatable bonds is 11. The van der Waals surface area contributed by atoms with Gasteiger partial charge in [-0.05, 0) is 37.0 Å². The predicted molar refractivity (Wildman–Crippen MR) is 106 cm³/mol. The number of Topliss-reactive ketones (excluding diaryl/α,β-unsaturated/α-hetero) is 1. The minimum atomic E-state index is -1.13. The van der Waals surface area contributed by atoms with Gasteiger partial charge in [0.15, 0.2) is 6.61 Å². The van der Waals surface area contributed by atoms with Crippen LogP contribution in [-0.2, 0) is 16.0 Å². The molecule has 0 saturated carbocycles. The number of carboxylic acids is 1. The lowest BCUT2D eigenvalue weighted by atomic mass is 9.91. The minimum absolute atomic E-state index is 0.190. The Morgan fingerprint density at radius 2 is 1.86 bits per heavy atom. The van der Waals surface area contributed by atoms with Gasteiger partial charge < -0.3 is 20.0 Å². The van der Waals surface area contributed by atoms with Crippen LogP contribution in [0.1, 0.15) is 61.1 Å². The molecule has 0 fully saturated rings. The van der Waals surface area contributed by atoms with E-state index in [4.69, 9.17) is 15.6 Å². The van der Waals surface area contributed by atoms with Gasteiger partial charge in [0.2, 0.25) is 0 Å². The molecule has 0 spiro atoms. The Hall–Kier alpha value is -2.83. The predicted octanol–water partition coefficient (Wildman–Crippen LogP) is 3.14. The van der Waals surface area contributed by atoms with Gasteiger partial charge in [0.1, 0.15) is 5.75 Å². The number of hydrogen-bond donors (Lipinski definition) is 2. The molecular weight excluding hydrogens is 360 g/mol. The van der Waals surface area contributed by atoms with Crippen molar-refractivity contribution in [3.8, 4) is 5.75 Å². The molecule has 0 saturated heterocycles. The van der Waals surface area contributed by atoms with Crippen LogP contribution >= 0.6 is 0 Å². The smallest absolute Gasteiger partial charge is 0.341 e. The highest BCUT2D eigenvalue weighted by atomic mass is 16.5. The lowest BCUT2D eigenvalue weighted by Crippen LogP contribution is -2.23. The highest BCUT2D eigenvalue weighted by molar-refractivity contribution is 6.44. The zero-order valence-electron chi connectivity index (χ0n) is 16.7. The molecule has 1 amide bonds. The summed E-state index contributed by atoms with van der Waals surface area (Å²) in [4.78, 5) is 35.1. The third-order valence-electron chi connectivity index (χ3n) is 4.97. The van der Waals surface area contributed by atoms with E-state index in [1.54, 1.807) is 25.3 Å². The van der Waals surface area contributed by atoms with Crippen LogP contribution in [0.2, 0.25) is 0 Å². The Balaban J connectivity index is 2.66. The second-order valence-electron chi connectivity index (χ2n) is 7.06. The third kappa shape index (κ3) is 4.52. The molecular formula is C21H28N2O5. The third-order valence-corrected chi connectivity index (χ3v) is 4.97. The van der Waals surface area contributed by atoms with Crippen molar-refractivity contribution in [3.63, 3.8) is 0 Å². The number of aromatic nitrogens is 1. The van der Waals surface area contributed by atoms with Crippen LogP contribution in [-0.4, -0.2) is 33.8 Å². The number of aliphatic carboxylic acids is 1. The first-order chi connectivity index (χ1) is 13.3. The van der Waals surface area contributed by atoms with Crippen molar-refractivity contribution in [3.05, 3.63) is 35.2 Å². The molecule has 0 aliphatic rings. The Bertz CT molecular complexity index is 879. The van der Waals surface area contributed by atoms with E-state index < -0.39 is 24.3 Å². The van der Waals surface area contributed by atoms with Crippen molar-refractivity contribution in [1.29, 1.82) is 0 Å². The first kappa shape index (κ1) is 21.5. The number of pyridine rings is 1. The van der Waals surface area contributed by atoms with Gasteiger partial charge in [0.25, 0.3) is 11.7 Å². The number of fused-ring (bicyclic) bond motifs is 1. The van der Waals surface area contributed by atoms with Crippen molar-refractivity contribution in [2.45, 2.75) is 52.9 Å². The van der Waals surface area contributed by atoms with Crippen LogP contribution in [0, 0.1) is 12.8 Å². The minimum Gasteiger partial charge on any atom is -0.480 e. The number of ketones is 1. The molecule has 2 heterocycles. The highest BCUT2D eigenvalue weighted by Gasteiger charge is 2.27. The van der Waals surface area contributed by atoms with Crippen molar-refractivity contribution in [2.75, 3.05) is 6.61 Å². The van der Waals surface area contributed by atoms with Crippen LogP contribution in [0.25, 0.3) is 5.52 Å². The van der Waals surface area contributed by atoms with Crippen LogP contribution in [0.5, 0.6) is 5.75 Å². The number of nitrogens with zero attached hydrogens (tertiary/aromatic N) is 1. The fourth-order valence-corrected chi connectivity index (χ4v) is 3.81. The van der Waals surface area contributed by atoms with E-state index in [1.807, 2.05) is 4.40 Å². The monoisotopic (exact) mass is 388 g/mol. The second kappa shape index (κ2) is 9.39. The summed E-state index contributed by atoms with van der Waals surface area (Å²) in [5.41, 5.74) is 7.47. The summed E-state index contributed by atoms with van der Waals surface area (Å²) in [5, 5.41) is 8.94. The molecule has 2 rings (SSSR count). The molecule has 2 aromatic rings. The molecule has 0 aromatic carbocycles. The Labute approximate surface area is 164 Å². The molecule has 7 nitrogen and oxygen atoms in total. The van der Waals surface area contributed by atoms with Crippen LogP contribution in [0.4, 0.5) is 0 Å². The number of carbonyl (C=O) groups excluding carboxylic acids is 2. The SMILES string of the molecule is CCCC(CCC)Cc1c(C)c(C(=O)C(N)=O)c2c(OCC(=O)O)cccn12. The molecule has 0 atom stereocenters. The standard InChI is InChI=1S/C21H28N2O5/c1-4-7-14(8-5-2)11-15-13(3)18(20(26)21(22)27)19-16(28-12-17(24)25)9-6-10-23(15)19/h6,9-10,14H,4-5,7-8,11-12H2,1-3H3,(H2,22,27)(H,24,25). The summed E-state index contributed by atoms with van der Waals surface area (Å²) >= 11 is 0. The van der Waals surface area contributed by atoms with Crippen molar-refractivity contribution in [1.82, 2.24) is 4.40 Å². The molecule has 28 heavy (non-hydrogen) atoms. The molecule has 0 aliphatic heterocycles. The second-order valence-corrected chi connectivity index (χ2v) is 7.06. The number of primary amides is 1. The van der Waals surface area contributed by atoms with Gasteiger partial charge in [-0.3, -0.25) is 9.59 Å². The van der Waals surface area contributed by atoms with Crippen molar-refractivity contribution < 1.29 is 24.2 Å². The van der Waals surface area contributed by atoms with Gasteiger partial charge in [-0.1, -0.05) is 39.5 Å². The Morgan fingerprint density at radius 1 is 1.21 bits per heavy atom. The molecule has 2 aromatic heterocycles. The summed E-state index contributed by atoms with van der Waals surface area (Å²) in [7, 11) is 0. The van der Waals surface area contributed by atoms with Gasteiger partial charge in [-0.15, -0.1) is 0 Å². The van der Waals surface area contributed by atoms with E-state index >= 15 is 0 Å². The van der Waals surface area contributed by atoms with Crippen LogP contribution in [0.3, 0.4) is 0 Å². The average molecular weight is 388 g/mol. The number of ether oxygens (including phenoxy) is 1. The normalized spacial score (nSPS) is 11.1. The molecule has 7 heteroatoms. The highest BCUT2D eigenvalue weighted by Crippen LogP contribution is 2.33. The van der Waals surface area contributed by atoms with E-state index in [0.717, 1.165) is 37.8 Å². The van der Waals surface area contributed by atoms with E-state index in [9.17, 15) is 14.4 Å². The summed E-state index contributed by atoms with van der Waals surface area (Å²) in [6.45, 7) is 5.55. The number of hydrogen-bond acceptors (Lipinski definition) is 4. The van der Waals surface area contributed by atoms with E-state index in [-0.39, 0.29) is 11.3 Å². The van der Waals surface area contributed by atoms with Gasteiger partial charge in [0.05, 0.1) is 11.1 Å². The maximum Gasteiger partial charge on any atom is 0.341 e. The Kier molecular flexibility index (Phi) is 7.20.